The van der Waals surface area contributed by atoms with Gasteiger partial charge in [-0.3, -0.25) is 0 Å². The number of rotatable bonds is 3. The quantitative estimate of drug-likeness (QED) is 0.445. The summed E-state index contributed by atoms with van der Waals surface area (Å²) in [6.45, 7) is 3.36. The van der Waals surface area contributed by atoms with Gasteiger partial charge in [0.25, 0.3) is 0 Å². The Kier molecular flexibility index (Phi) is 4.08. The van der Waals surface area contributed by atoms with Gasteiger partial charge in [0, 0.05) is 0 Å². The second-order valence-electron chi connectivity index (χ2n) is 1.44. The van der Waals surface area contributed by atoms with Crippen LogP contribution < -0.4 is 0 Å². The Balaban J connectivity index is 3.18. The van der Waals surface area contributed by atoms with E-state index in [0.29, 0.717) is 0 Å². The van der Waals surface area contributed by atoms with Crippen LogP contribution in [0.25, 0.3) is 0 Å². The molecule has 0 aromatic carbocycles. The van der Waals surface area contributed by atoms with E-state index in [9.17, 15) is 7.35 Å². The summed E-state index contributed by atoms with van der Waals surface area (Å²) in [7, 11) is 0. The molecule has 0 aliphatic carbocycles. The van der Waals surface area contributed by atoms with E-state index in [0.717, 1.165) is 0 Å². The zero-order chi connectivity index (χ0) is 6.57. The van der Waals surface area contributed by atoms with E-state index >= 15 is 0 Å². The van der Waals surface area contributed by atoms with Crippen molar-refractivity contribution >= 4 is 0 Å². The molecule has 0 aliphatic heterocycles. The van der Waals surface area contributed by atoms with E-state index in [1.807, 2.05) is 0 Å². The van der Waals surface area contributed by atoms with Crippen molar-refractivity contribution < 1.29 is 31.4 Å². The Morgan fingerprint density at radius 1 is 1.38 bits per heavy atom. The van der Waals surface area contributed by atoms with E-state index in [4.69, 9.17) is 0 Å². The van der Waals surface area contributed by atoms with Crippen molar-refractivity contribution in [1.82, 2.24) is 0 Å². The number of hydrogen-bond acceptors (Lipinski definition) is 4. The van der Waals surface area contributed by atoms with E-state index < -0.39 is 15.4 Å². The predicted octanol–water partition coefficient (Wildman–Crippen LogP) is 0.567. The second kappa shape index (κ2) is 4.03. The van der Waals surface area contributed by atoms with Gasteiger partial charge in [0.05, 0.1) is 0 Å². The van der Waals surface area contributed by atoms with Gasteiger partial charge in [0.1, 0.15) is 0 Å². The van der Waals surface area contributed by atoms with Crippen LogP contribution in [0.5, 0.6) is 0 Å². The monoisotopic (exact) mass is 158 g/mol. The molecule has 0 spiro atoms. The zero-order valence-electron chi connectivity index (χ0n) is 4.66. The standard InChI is InChI=1S/C3H8O2.2O.V/c1-3(2)5-4;;;/h3-4H,1-2H3;;;/q;;;+1/p-1. The average Bonchev–Trinajstić information content (AvgIpc) is 1.61. The van der Waals surface area contributed by atoms with Gasteiger partial charge >= 0.3 is 51.4 Å². The van der Waals surface area contributed by atoms with Crippen molar-refractivity contribution in [2.45, 2.75) is 20.0 Å². The molecule has 0 N–H and O–H groups in total. The fourth-order valence-corrected chi connectivity index (χ4v) is 0.500. The molecular weight excluding hydrogens is 151 g/mol. The van der Waals surface area contributed by atoms with E-state index in [2.05, 4.69) is 8.70 Å². The first kappa shape index (κ1) is 8.10. The molecule has 0 rings (SSSR count). The van der Waals surface area contributed by atoms with Gasteiger partial charge in [-0.15, -0.1) is 0 Å². The van der Waals surface area contributed by atoms with Gasteiger partial charge in [0.2, 0.25) is 0 Å². The Labute approximate surface area is 52.1 Å². The maximum absolute atomic E-state index is 9.67. The van der Waals surface area contributed by atoms with Crippen LogP contribution in [0.15, 0.2) is 0 Å². The van der Waals surface area contributed by atoms with E-state index in [1.165, 1.54) is 0 Å². The summed E-state index contributed by atoms with van der Waals surface area (Å²) in [6.07, 6.45) is -0.199. The van der Waals surface area contributed by atoms with Gasteiger partial charge in [-0.1, -0.05) is 0 Å². The van der Waals surface area contributed by atoms with Crippen molar-refractivity contribution in [2.75, 3.05) is 0 Å². The number of hydrogen-bond donors (Lipinski definition) is 0. The summed E-state index contributed by atoms with van der Waals surface area (Å²) < 4.78 is 23.2. The maximum atomic E-state index is 9.67. The van der Waals surface area contributed by atoms with Gasteiger partial charge in [-0.05, 0) is 0 Å². The molecule has 4 nitrogen and oxygen atoms in total. The van der Waals surface area contributed by atoms with Crippen molar-refractivity contribution in [3.05, 3.63) is 0 Å². The molecule has 0 heterocycles. The molecule has 0 aromatic rings. The summed E-state index contributed by atoms with van der Waals surface area (Å²) in [5.74, 6) is 0. The van der Waals surface area contributed by atoms with Crippen LogP contribution in [0, 0.1) is 0 Å². The molecule has 0 saturated carbocycles. The third-order valence-corrected chi connectivity index (χ3v) is 0.621. The molecule has 8 heavy (non-hydrogen) atoms. The van der Waals surface area contributed by atoms with Crippen LogP contribution in [-0.2, 0) is 31.4 Å². The van der Waals surface area contributed by atoms with Crippen LogP contribution in [0.3, 0.4) is 0 Å². The SMILES string of the molecule is CC(C)O[O][V](=[O])=[O]. The fraction of sp³-hybridized carbons (Fsp3) is 1.00. The van der Waals surface area contributed by atoms with E-state index in [1.54, 1.807) is 13.8 Å². The third kappa shape index (κ3) is 6.10. The Bertz CT molecular complexity index is 108. The first-order valence-corrected chi connectivity index (χ1v) is 3.82. The molecule has 0 amide bonds. The molecule has 0 aliphatic rings. The molecular formula is C3H7O4V. The molecule has 5 heteroatoms. The van der Waals surface area contributed by atoms with Crippen molar-refractivity contribution in [1.29, 1.82) is 0 Å². The molecule has 48 valence electrons. The van der Waals surface area contributed by atoms with Crippen molar-refractivity contribution in [3.63, 3.8) is 0 Å². The van der Waals surface area contributed by atoms with Gasteiger partial charge < -0.3 is 0 Å². The Hall–Kier alpha value is 0.104. The van der Waals surface area contributed by atoms with Crippen LogP contribution in [0.4, 0.5) is 0 Å². The first-order valence-electron chi connectivity index (χ1n) is 2.10. The summed E-state index contributed by atoms with van der Waals surface area (Å²) in [5, 5.41) is 0. The summed E-state index contributed by atoms with van der Waals surface area (Å²) >= 11 is -3.50. The second-order valence-corrected chi connectivity index (χ2v) is 2.37. The molecule has 0 unspecified atom stereocenters. The van der Waals surface area contributed by atoms with Crippen LogP contribution in [0.2, 0.25) is 0 Å². The topological polar surface area (TPSA) is 52.6 Å². The normalized spacial score (nSPS) is 9.88. The minimum atomic E-state index is -3.50. The Morgan fingerprint density at radius 2 is 1.88 bits per heavy atom. The zero-order valence-corrected chi connectivity index (χ0v) is 6.05. The van der Waals surface area contributed by atoms with Gasteiger partial charge in [0.15, 0.2) is 0 Å². The summed E-state index contributed by atoms with van der Waals surface area (Å²) in [4.78, 5) is 4.24. The minimum absolute atomic E-state index is 0.199. The van der Waals surface area contributed by atoms with Crippen LogP contribution >= 0.6 is 0 Å². The molecule has 0 bridgehead atoms. The average molecular weight is 158 g/mol. The summed E-state index contributed by atoms with van der Waals surface area (Å²) in [6, 6.07) is 0. The van der Waals surface area contributed by atoms with Crippen LogP contribution in [-0.4, -0.2) is 6.10 Å². The predicted molar refractivity (Wildman–Crippen MR) is 18.7 cm³/mol. The molecule has 0 fully saturated rings. The van der Waals surface area contributed by atoms with Gasteiger partial charge in [-0.25, -0.2) is 0 Å². The molecule has 0 radical (unpaired) electrons. The van der Waals surface area contributed by atoms with Crippen LogP contribution in [0.1, 0.15) is 13.8 Å². The molecule has 0 aromatic heterocycles. The first-order chi connectivity index (χ1) is 3.63. The fourth-order valence-electron chi connectivity index (χ4n) is 0.121. The van der Waals surface area contributed by atoms with Crippen molar-refractivity contribution in [2.24, 2.45) is 0 Å². The molecule has 0 atom stereocenters. The third-order valence-electron chi connectivity index (χ3n) is 0.296. The summed E-state index contributed by atoms with van der Waals surface area (Å²) in [5.41, 5.74) is 0. The Morgan fingerprint density at radius 3 is 2.00 bits per heavy atom. The van der Waals surface area contributed by atoms with E-state index in [-0.39, 0.29) is 6.10 Å². The van der Waals surface area contributed by atoms with Gasteiger partial charge in [-0.2, -0.15) is 0 Å². The molecule has 0 saturated heterocycles. The van der Waals surface area contributed by atoms with Crippen molar-refractivity contribution in [3.8, 4) is 0 Å².